The first kappa shape index (κ1) is 22.2. The smallest absolute Gasteiger partial charge is 0.242 e. The molecule has 1 aliphatic heterocycles. The predicted octanol–water partition coefficient (Wildman–Crippen LogP) is 5.32. The molecule has 31 heavy (non-hydrogen) atoms. The van der Waals surface area contributed by atoms with Gasteiger partial charge in [-0.05, 0) is 36.6 Å². The summed E-state index contributed by atoms with van der Waals surface area (Å²) in [5, 5.41) is 1.32. The largest absolute Gasteiger partial charge is 0.341 e. The molecule has 2 heterocycles. The summed E-state index contributed by atoms with van der Waals surface area (Å²) >= 11 is 12.0. The first-order valence-corrected chi connectivity index (χ1v) is 12.8. The van der Waals surface area contributed by atoms with Gasteiger partial charge in [-0.2, -0.15) is 0 Å². The Hall–Kier alpha value is -2.02. The van der Waals surface area contributed by atoms with Crippen LogP contribution in [0.1, 0.15) is 31.2 Å². The van der Waals surface area contributed by atoms with Crippen LogP contribution in [0.5, 0.6) is 0 Å². The molecule has 1 fully saturated rings. The van der Waals surface area contributed by atoms with Crippen molar-refractivity contribution in [2.75, 3.05) is 13.1 Å². The molecule has 3 aromatic rings. The standard InChI is InChI=1S/C23H24Cl2N2O3S/c24-19-10-9-17(13-20(19)25)16-31(29,30)22-14-27(21-8-4-3-7-18(21)22)15-23(28)26-11-5-1-2-6-12-26/h3-4,7-10,13-14H,1-2,5-6,11-12,15-16H2. The molecule has 1 saturated heterocycles. The predicted molar refractivity (Wildman–Crippen MR) is 124 cm³/mol. The van der Waals surface area contributed by atoms with E-state index in [9.17, 15) is 13.2 Å². The van der Waals surface area contributed by atoms with Crippen LogP contribution in [0.2, 0.25) is 10.0 Å². The second-order valence-electron chi connectivity index (χ2n) is 7.94. The molecular formula is C23H24Cl2N2O3S. The van der Waals surface area contributed by atoms with Gasteiger partial charge in [-0.15, -0.1) is 0 Å². The van der Waals surface area contributed by atoms with Crippen molar-refractivity contribution in [3.05, 3.63) is 64.3 Å². The third-order valence-electron chi connectivity index (χ3n) is 5.69. The zero-order valence-electron chi connectivity index (χ0n) is 17.1. The minimum absolute atomic E-state index is 0.0242. The van der Waals surface area contributed by atoms with Crippen LogP contribution in [0.25, 0.3) is 10.9 Å². The van der Waals surface area contributed by atoms with E-state index in [0.717, 1.165) is 44.3 Å². The van der Waals surface area contributed by atoms with Crippen molar-refractivity contribution in [1.29, 1.82) is 0 Å². The Kier molecular flexibility index (Phi) is 6.60. The van der Waals surface area contributed by atoms with Crippen LogP contribution < -0.4 is 0 Å². The van der Waals surface area contributed by atoms with Crippen molar-refractivity contribution >= 4 is 49.8 Å². The quantitative estimate of drug-likeness (QED) is 0.498. The first-order chi connectivity index (χ1) is 14.8. The number of amides is 1. The van der Waals surface area contributed by atoms with Gasteiger partial charge in [0.1, 0.15) is 6.54 Å². The van der Waals surface area contributed by atoms with E-state index < -0.39 is 9.84 Å². The van der Waals surface area contributed by atoms with E-state index in [1.165, 1.54) is 0 Å². The summed E-state index contributed by atoms with van der Waals surface area (Å²) in [5.41, 5.74) is 1.30. The van der Waals surface area contributed by atoms with Crippen molar-refractivity contribution in [1.82, 2.24) is 9.47 Å². The first-order valence-electron chi connectivity index (χ1n) is 10.4. The van der Waals surface area contributed by atoms with Gasteiger partial charge in [0.05, 0.1) is 20.7 Å². The molecule has 0 spiro atoms. The lowest BCUT2D eigenvalue weighted by Crippen LogP contribution is -2.34. The van der Waals surface area contributed by atoms with Crippen molar-refractivity contribution in [3.63, 3.8) is 0 Å². The van der Waals surface area contributed by atoms with Gasteiger partial charge in [0, 0.05) is 30.2 Å². The number of sulfone groups is 1. The van der Waals surface area contributed by atoms with E-state index in [4.69, 9.17) is 23.2 Å². The van der Waals surface area contributed by atoms with Gasteiger partial charge in [0.25, 0.3) is 0 Å². The van der Waals surface area contributed by atoms with Crippen molar-refractivity contribution in [3.8, 4) is 0 Å². The number of likely N-dealkylation sites (tertiary alicyclic amines) is 1. The Labute approximate surface area is 192 Å². The molecule has 0 bridgehead atoms. The second kappa shape index (κ2) is 9.23. The number of hydrogen-bond acceptors (Lipinski definition) is 3. The average Bonchev–Trinajstić information content (AvgIpc) is 2.91. The molecule has 8 heteroatoms. The van der Waals surface area contributed by atoms with E-state index in [2.05, 4.69) is 0 Å². The van der Waals surface area contributed by atoms with E-state index in [1.807, 2.05) is 23.1 Å². The van der Waals surface area contributed by atoms with E-state index in [-0.39, 0.29) is 23.1 Å². The molecule has 0 radical (unpaired) electrons. The lowest BCUT2D eigenvalue weighted by molar-refractivity contribution is -0.131. The summed E-state index contributed by atoms with van der Waals surface area (Å²) in [4.78, 5) is 15.0. The van der Waals surface area contributed by atoms with Crippen molar-refractivity contribution in [2.24, 2.45) is 0 Å². The molecule has 4 rings (SSSR count). The third-order valence-corrected chi connectivity index (χ3v) is 8.14. The molecule has 164 valence electrons. The fraction of sp³-hybridized carbons (Fsp3) is 0.348. The maximum atomic E-state index is 13.3. The van der Waals surface area contributed by atoms with Crippen molar-refractivity contribution in [2.45, 2.75) is 42.9 Å². The molecule has 0 atom stereocenters. The summed E-state index contributed by atoms with van der Waals surface area (Å²) in [7, 11) is -3.66. The number of hydrogen-bond donors (Lipinski definition) is 0. The fourth-order valence-corrected chi connectivity index (χ4v) is 5.97. The number of benzene rings is 2. The van der Waals surface area contributed by atoms with Gasteiger partial charge < -0.3 is 9.47 Å². The molecule has 0 unspecified atom stereocenters. The number of para-hydroxylation sites is 1. The monoisotopic (exact) mass is 478 g/mol. The molecule has 1 aliphatic rings. The zero-order valence-corrected chi connectivity index (χ0v) is 19.4. The van der Waals surface area contributed by atoms with Crippen LogP contribution in [-0.4, -0.2) is 36.9 Å². The van der Waals surface area contributed by atoms with Crippen LogP contribution in [0, 0.1) is 0 Å². The van der Waals surface area contributed by atoms with Gasteiger partial charge in [0.15, 0.2) is 9.84 Å². The molecule has 1 amide bonds. The number of carbonyl (C=O) groups is 1. The number of aromatic nitrogens is 1. The van der Waals surface area contributed by atoms with E-state index in [0.29, 0.717) is 21.0 Å². The maximum absolute atomic E-state index is 13.3. The normalized spacial score (nSPS) is 15.2. The Bertz CT molecular complexity index is 1210. The number of halogens is 2. The topological polar surface area (TPSA) is 59.4 Å². The van der Waals surface area contributed by atoms with Crippen LogP contribution in [0.3, 0.4) is 0 Å². The maximum Gasteiger partial charge on any atom is 0.242 e. The fourth-order valence-electron chi connectivity index (χ4n) is 4.08. The molecule has 5 nitrogen and oxygen atoms in total. The SMILES string of the molecule is O=C(Cn1cc(S(=O)(=O)Cc2ccc(Cl)c(Cl)c2)c2ccccc21)N1CCCCCC1. The van der Waals surface area contributed by atoms with Gasteiger partial charge >= 0.3 is 0 Å². The molecule has 0 aliphatic carbocycles. The highest BCUT2D eigenvalue weighted by atomic mass is 35.5. The minimum atomic E-state index is -3.66. The Morgan fingerprint density at radius 1 is 0.935 bits per heavy atom. The average molecular weight is 479 g/mol. The lowest BCUT2D eigenvalue weighted by Gasteiger charge is -2.20. The van der Waals surface area contributed by atoms with Crippen molar-refractivity contribution < 1.29 is 13.2 Å². The molecule has 0 N–H and O–H groups in total. The molecule has 1 aromatic heterocycles. The zero-order chi connectivity index (χ0) is 22.0. The third kappa shape index (κ3) is 4.92. The lowest BCUT2D eigenvalue weighted by atomic mass is 10.2. The molecule has 0 saturated carbocycles. The van der Waals surface area contributed by atoms with Gasteiger partial charge in [-0.25, -0.2) is 8.42 Å². The molecular weight excluding hydrogens is 455 g/mol. The number of nitrogens with zero attached hydrogens (tertiary/aromatic N) is 2. The molecule has 2 aromatic carbocycles. The Morgan fingerprint density at radius 3 is 2.35 bits per heavy atom. The Balaban J connectivity index is 1.65. The number of carbonyl (C=O) groups excluding carboxylic acids is 1. The highest BCUT2D eigenvalue weighted by Gasteiger charge is 2.24. The minimum Gasteiger partial charge on any atom is -0.341 e. The van der Waals surface area contributed by atoms with Crippen LogP contribution in [0.15, 0.2) is 53.6 Å². The van der Waals surface area contributed by atoms with E-state index >= 15 is 0 Å². The van der Waals surface area contributed by atoms with Gasteiger partial charge in [-0.3, -0.25) is 4.79 Å². The Morgan fingerprint density at radius 2 is 1.65 bits per heavy atom. The van der Waals surface area contributed by atoms with Crippen LogP contribution in [-0.2, 0) is 26.9 Å². The van der Waals surface area contributed by atoms with Crippen LogP contribution >= 0.6 is 23.2 Å². The second-order valence-corrected chi connectivity index (χ2v) is 10.7. The summed E-state index contributed by atoms with van der Waals surface area (Å²) in [6.45, 7) is 1.66. The highest BCUT2D eigenvalue weighted by molar-refractivity contribution is 7.90. The van der Waals surface area contributed by atoms with Gasteiger partial charge in [-0.1, -0.05) is 60.3 Å². The van der Waals surface area contributed by atoms with E-state index in [1.54, 1.807) is 35.0 Å². The van der Waals surface area contributed by atoms with Gasteiger partial charge in [0.2, 0.25) is 5.91 Å². The summed E-state index contributed by atoms with van der Waals surface area (Å²) < 4.78 is 28.3. The summed E-state index contributed by atoms with van der Waals surface area (Å²) in [6.07, 6.45) is 5.91. The number of rotatable bonds is 5. The number of fused-ring (bicyclic) bond motifs is 1. The summed E-state index contributed by atoms with van der Waals surface area (Å²) in [6, 6.07) is 12.1. The van der Waals surface area contributed by atoms with Crippen LogP contribution in [0.4, 0.5) is 0 Å². The summed E-state index contributed by atoms with van der Waals surface area (Å²) in [5.74, 6) is -0.172. The highest BCUT2D eigenvalue weighted by Crippen LogP contribution is 2.30.